The largest absolute Gasteiger partial charge is 0.311 e. The molecule has 0 fully saturated rings. The summed E-state index contributed by atoms with van der Waals surface area (Å²) >= 11 is 0. The highest BCUT2D eigenvalue weighted by Gasteiger charge is 2.50. The van der Waals surface area contributed by atoms with Gasteiger partial charge in [-0.15, -0.1) is 0 Å². The molecule has 0 aliphatic carbocycles. The van der Waals surface area contributed by atoms with Gasteiger partial charge in [-0.25, -0.2) is 0 Å². The van der Waals surface area contributed by atoms with Gasteiger partial charge in [0.2, 0.25) is 0 Å². The molecule has 0 aromatic heterocycles. The quantitative estimate of drug-likeness (QED) is 0.206. The summed E-state index contributed by atoms with van der Waals surface area (Å²) in [6.45, 7) is 9.73. The number of nitrogens with zero attached hydrogens (tertiary/aromatic N) is 2. The molecule has 3 heteroatoms. The molecule has 39 heavy (non-hydrogen) atoms. The van der Waals surface area contributed by atoms with Crippen LogP contribution in [0.5, 0.6) is 0 Å². The molecular weight excluding hydrogens is 471 g/mol. The lowest BCUT2D eigenvalue weighted by Crippen LogP contribution is -2.63. The van der Waals surface area contributed by atoms with Gasteiger partial charge in [0.25, 0.3) is 6.71 Å². The van der Waals surface area contributed by atoms with Crippen LogP contribution in [0.4, 0.5) is 34.1 Å². The van der Waals surface area contributed by atoms with Gasteiger partial charge < -0.3 is 9.80 Å². The lowest BCUT2D eigenvalue weighted by molar-refractivity contribution is 0.632. The van der Waals surface area contributed by atoms with Crippen molar-refractivity contribution in [2.24, 2.45) is 0 Å². The van der Waals surface area contributed by atoms with Gasteiger partial charge >= 0.3 is 0 Å². The lowest BCUT2D eigenvalue weighted by Gasteiger charge is -2.51. The van der Waals surface area contributed by atoms with Gasteiger partial charge in [0.1, 0.15) is 0 Å². The van der Waals surface area contributed by atoms with Crippen LogP contribution in [0.15, 0.2) is 103 Å². The minimum absolute atomic E-state index is 0.0781. The second kappa shape index (κ2) is 6.85. The molecule has 5 aromatic rings. The van der Waals surface area contributed by atoms with Crippen LogP contribution in [-0.2, 0) is 10.8 Å². The normalized spacial score (nSPS) is 17.5. The van der Waals surface area contributed by atoms with Gasteiger partial charge in [0, 0.05) is 33.6 Å². The molecule has 186 valence electrons. The fourth-order valence-corrected chi connectivity index (χ4v) is 8.23. The molecule has 2 nitrogen and oxygen atoms in total. The topological polar surface area (TPSA) is 6.48 Å². The molecular formula is C36H29BN2. The number of para-hydroxylation sites is 4. The van der Waals surface area contributed by atoms with E-state index in [-0.39, 0.29) is 17.5 Å². The summed E-state index contributed by atoms with van der Waals surface area (Å²) in [5.74, 6) is 0. The third-order valence-electron chi connectivity index (χ3n) is 10.0. The van der Waals surface area contributed by atoms with Crippen molar-refractivity contribution in [1.82, 2.24) is 0 Å². The Morgan fingerprint density at radius 1 is 0.436 bits per heavy atom. The summed E-state index contributed by atoms with van der Waals surface area (Å²) < 4.78 is 0. The average molecular weight is 500 g/mol. The summed E-state index contributed by atoms with van der Waals surface area (Å²) in [5.41, 5.74) is 17.6. The van der Waals surface area contributed by atoms with E-state index in [1.165, 1.54) is 72.8 Å². The van der Waals surface area contributed by atoms with Crippen molar-refractivity contribution in [3.63, 3.8) is 0 Å². The van der Waals surface area contributed by atoms with Gasteiger partial charge in [-0.2, -0.15) is 0 Å². The smallest absolute Gasteiger partial charge is 0.252 e. The van der Waals surface area contributed by atoms with Crippen LogP contribution in [0.2, 0.25) is 0 Å². The Hall–Kier alpha value is -4.24. The molecule has 0 N–H and O–H groups in total. The predicted molar refractivity (Wildman–Crippen MR) is 165 cm³/mol. The van der Waals surface area contributed by atoms with Crippen molar-refractivity contribution >= 4 is 57.2 Å². The van der Waals surface area contributed by atoms with Crippen LogP contribution in [0, 0.1) is 0 Å². The van der Waals surface area contributed by atoms with Crippen molar-refractivity contribution in [2.75, 3.05) is 9.80 Å². The molecule has 4 aliphatic heterocycles. The van der Waals surface area contributed by atoms with Gasteiger partial charge in [-0.3, -0.25) is 0 Å². The van der Waals surface area contributed by atoms with Crippen LogP contribution >= 0.6 is 0 Å². The molecule has 0 saturated carbocycles. The van der Waals surface area contributed by atoms with Crippen LogP contribution in [-0.4, -0.2) is 6.71 Å². The van der Waals surface area contributed by atoms with Crippen LogP contribution in [0.3, 0.4) is 0 Å². The van der Waals surface area contributed by atoms with Crippen LogP contribution in [0.1, 0.15) is 49.9 Å². The van der Waals surface area contributed by atoms with Gasteiger partial charge in [-0.05, 0) is 62.9 Å². The Kier molecular flexibility index (Phi) is 3.80. The molecule has 0 atom stereocenters. The minimum atomic E-state index is -0.0781. The van der Waals surface area contributed by atoms with Crippen molar-refractivity contribution in [1.29, 1.82) is 0 Å². The average Bonchev–Trinajstić information content (AvgIpc) is 2.95. The monoisotopic (exact) mass is 500 g/mol. The van der Waals surface area contributed by atoms with Crippen LogP contribution in [0.25, 0.3) is 0 Å². The van der Waals surface area contributed by atoms with E-state index in [1.54, 1.807) is 0 Å². The van der Waals surface area contributed by atoms with E-state index in [9.17, 15) is 0 Å². The van der Waals surface area contributed by atoms with Crippen molar-refractivity contribution < 1.29 is 0 Å². The fraction of sp³-hybridized carbons (Fsp3) is 0.167. The second-order valence-electron chi connectivity index (χ2n) is 12.6. The second-order valence-corrected chi connectivity index (χ2v) is 12.6. The first kappa shape index (κ1) is 21.7. The Morgan fingerprint density at radius 3 is 1.31 bits per heavy atom. The van der Waals surface area contributed by atoms with Gasteiger partial charge in [0.05, 0.1) is 11.4 Å². The molecule has 0 spiro atoms. The first-order valence-corrected chi connectivity index (χ1v) is 14.1. The zero-order chi connectivity index (χ0) is 26.3. The fourth-order valence-electron chi connectivity index (χ4n) is 8.23. The van der Waals surface area contributed by atoms with Crippen molar-refractivity contribution in [3.8, 4) is 0 Å². The van der Waals surface area contributed by atoms with Crippen molar-refractivity contribution in [2.45, 2.75) is 38.5 Å². The number of benzene rings is 5. The lowest BCUT2D eigenvalue weighted by atomic mass is 9.32. The first-order valence-electron chi connectivity index (χ1n) is 14.1. The highest BCUT2D eigenvalue weighted by atomic mass is 15.2. The Morgan fingerprint density at radius 2 is 0.821 bits per heavy atom. The maximum Gasteiger partial charge on any atom is 0.252 e. The van der Waals surface area contributed by atoms with E-state index in [2.05, 4.69) is 141 Å². The molecule has 0 unspecified atom stereocenters. The third-order valence-corrected chi connectivity index (χ3v) is 10.0. The van der Waals surface area contributed by atoms with E-state index < -0.39 is 0 Å². The molecule has 5 aromatic carbocycles. The van der Waals surface area contributed by atoms with E-state index in [0.29, 0.717) is 0 Å². The standard InChI is InChI=1S/C36H29BN2/c1-35(2)22-12-5-7-18-28(22)38-30-20-11-21-31-32(30)37(26-16-9-14-24(35)33(26)38)27-17-10-15-25-34(27)39(31)29-19-8-6-13-23(29)36(25,3)4/h5-21H,1-4H3. The Balaban J connectivity index is 1.45. The Labute approximate surface area is 230 Å². The molecule has 0 radical (unpaired) electrons. The number of fused-ring (bicyclic) bond motifs is 8. The van der Waals surface area contributed by atoms with E-state index in [0.717, 1.165) is 0 Å². The number of anilines is 6. The summed E-state index contributed by atoms with van der Waals surface area (Å²) in [6, 6.07) is 39.0. The Bertz CT molecular complexity index is 1770. The maximum atomic E-state index is 2.56. The van der Waals surface area contributed by atoms with Gasteiger partial charge in [0.15, 0.2) is 0 Å². The van der Waals surface area contributed by atoms with E-state index >= 15 is 0 Å². The molecule has 9 rings (SSSR count). The molecule has 4 aliphatic rings. The number of hydrogen-bond donors (Lipinski definition) is 0. The zero-order valence-electron chi connectivity index (χ0n) is 22.8. The minimum Gasteiger partial charge on any atom is -0.311 e. The summed E-state index contributed by atoms with van der Waals surface area (Å²) in [5, 5.41) is 0. The summed E-state index contributed by atoms with van der Waals surface area (Å²) in [6.07, 6.45) is 0. The van der Waals surface area contributed by atoms with Crippen LogP contribution < -0.4 is 26.2 Å². The molecule has 4 heterocycles. The van der Waals surface area contributed by atoms with Gasteiger partial charge in [-0.1, -0.05) is 107 Å². The SMILES string of the molecule is CC1(C)c2ccccc2N2c3cccc4c3B(c3cccc1c32)c1cccc2c1N4c1ccccc1C2(C)C. The maximum absolute atomic E-state index is 2.56. The molecule has 0 saturated heterocycles. The zero-order valence-corrected chi connectivity index (χ0v) is 22.8. The predicted octanol–water partition coefficient (Wildman–Crippen LogP) is 7.05. The number of hydrogen-bond acceptors (Lipinski definition) is 2. The highest BCUT2D eigenvalue weighted by Crippen LogP contribution is 2.56. The van der Waals surface area contributed by atoms with E-state index in [1.807, 2.05) is 0 Å². The van der Waals surface area contributed by atoms with Crippen molar-refractivity contribution in [3.05, 3.63) is 125 Å². The number of rotatable bonds is 0. The van der Waals surface area contributed by atoms with E-state index in [4.69, 9.17) is 0 Å². The third kappa shape index (κ3) is 2.38. The highest BCUT2D eigenvalue weighted by molar-refractivity contribution is 7.00. The first-order chi connectivity index (χ1) is 18.9. The molecule has 0 bridgehead atoms. The summed E-state index contributed by atoms with van der Waals surface area (Å²) in [4.78, 5) is 5.13. The summed E-state index contributed by atoms with van der Waals surface area (Å²) in [7, 11) is 0. The molecule has 0 amide bonds.